The summed E-state index contributed by atoms with van der Waals surface area (Å²) in [5.41, 5.74) is 0. The molecule has 0 heterocycles. The van der Waals surface area contributed by atoms with E-state index in [2.05, 4.69) is 0 Å². The fourth-order valence-electron chi connectivity index (χ4n) is 0. The summed E-state index contributed by atoms with van der Waals surface area (Å²) in [7, 11) is 0. The van der Waals surface area contributed by atoms with Gasteiger partial charge in [0.1, 0.15) is 0 Å². The Balaban J connectivity index is 0. The van der Waals surface area contributed by atoms with Crippen LogP contribution in [0.2, 0.25) is 0 Å². The molecule has 3 nitrogen and oxygen atoms in total. The third-order valence-corrected chi connectivity index (χ3v) is 0. The predicted molar refractivity (Wildman–Crippen MR) is 12.4 cm³/mol. The Morgan fingerprint density at radius 2 is 1.00 bits per heavy atom. The van der Waals surface area contributed by atoms with Gasteiger partial charge >= 0.3 is 38.2 Å². The van der Waals surface area contributed by atoms with Crippen molar-refractivity contribution in [2.45, 2.75) is 0 Å². The van der Waals surface area contributed by atoms with E-state index in [0.29, 0.717) is 0 Å². The molecule has 0 N–H and O–H groups in total. The Hall–Kier alpha value is 1.23. The van der Waals surface area contributed by atoms with Crippen molar-refractivity contribution in [1.29, 1.82) is 0 Å². The van der Waals surface area contributed by atoms with Gasteiger partial charge < -0.3 is 0 Å². The minimum atomic E-state index is -4.41. The fraction of sp³-hybridized carbons (Fsp3) is 0. The second-order valence-electron chi connectivity index (χ2n) is 0.250. The molecule has 0 saturated heterocycles. The maximum atomic E-state index is 8.63. The van der Waals surface area contributed by atoms with E-state index in [1.807, 2.05) is 0 Å². The quantitative estimate of drug-likeness (QED) is 0.634. The summed E-state index contributed by atoms with van der Waals surface area (Å²) in [6.07, 6.45) is 0. The van der Waals surface area contributed by atoms with Crippen LogP contribution in [0.25, 0.3) is 0 Å². The summed E-state index contributed by atoms with van der Waals surface area (Å²) in [6.45, 7) is 0. The van der Waals surface area contributed by atoms with Crippen molar-refractivity contribution >= 4 is 17.0 Å². The Morgan fingerprint density at radius 3 is 1.00 bits per heavy atom. The van der Waals surface area contributed by atoms with Gasteiger partial charge in [-0.3, -0.25) is 0 Å². The maximum absolute atomic E-state index is 8.63. The van der Waals surface area contributed by atoms with Crippen LogP contribution in [0.5, 0.6) is 0 Å². The molecule has 0 radical (unpaired) electrons. The predicted octanol–water partition coefficient (Wildman–Crippen LogP) is 0.221. The number of hydrogen-bond donors (Lipinski definition) is 0. The van der Waals surface area contributed by atoms with E-state index in [-0.39, 0.29) is 17.0 Å². The van der Waals surface area contributed by atoms with Crippen LogP contribution in [0.4, 0.5) is 0 Å². The van der Waals surface area contributed by atoms with Crippen LogP contribution in [-0.2, 0) is 3.15 Å². The zero-order valence-electron chi connectivity index (χ0n) is 2.13. The Kier molecular flexibility index (Phi) is 9.96. The summed E-state index contributed by atoms with van der Waals surface area (Å²) in [4.78, 5) is 0. The van der Waals surface area contributed by atoms with Crippen LogP contribution in [0.15, 0.2) is 0 Å². The van der Waals surface area contributed by atoms with Gasteiger partial charge in [-0.05, 0) is 0 Å². The minimum absolute atomic E-state index is 0. The van der Waals surface area contributed by atoms with Crippen molar-refractivity contribution in [3.05, 3.63) is 0 Å². The molecule has 0 fully saturated rings. The third-order valence-electron chi connectivity index (χ3n) is 0. The second kappa shape index (κ2) is 5.23. The molecule has 30 valence electrons. The summed E-state index contributed by atoms with van der Waals surface area (Å²) in [5, 5.41) is 0. The Morgan fingerprint density at radius 1 is 1.00 bits per heavy atom. The van der Waals surface area contributed by atoms with Crippen molar-refractivity contribution in [2.24, 2.45) is 0 Å². The molecular weight excluding hydrogens is 272 g/mol. The average Bonchev–Trinajstić information content (AvgIpc) is 0.811. The molecule has 0 aromatic heterocycles. The molecule has 0 aliphatic heterocycles. The van der Waals surface area contributed by atoms with Gasteiger partial charge in [0.2, 0.25) is 0 Å². The SMILES string of the molecule is Br.[O]=[Nd](=[O])=[O]. The van der Waals surface area contributed by atoms with E-state index in [9.17, 15) is 0 Å². The molecular formula is HBrNdO3. The summed E-state index contributed by atoms with van der Waals surface area (Å²) < 4.78 is 25.9. The van der Waals surface area contributed by atoms with Crippen molar-refractivity contribution in [2.75, 3.05) is 0 Å². The van der Waals surface area contributed by atoms with Crippen LogP contribution in [-0.4, -0.2) is 0 Å². The van der Waals surface area contributed by atoms with E-state index in [1.165, 1.54) is 0 Å². The van der Waals surface area contributed by atoms with Gasteiger partial charge in [0.15, 0.2) is 0 Å². The van der Waals surface area contributed by atoms with E-state index < -0.39 is 35.0 Å². The zero-order valence-corrected chi connectivity index (χ0v) is 7.05. The van der Waals surface area contributed by atoms with Gasteiger partial charge in [0, 0.05) is 0 Å². The third kappa shape index (κ3) is 36.0. The molecule has 0 spiro atoms. The van der Waals surface area contributed by atoms with E-state index in [1.54, 1.807) is 0 Å². The molecule has 0 aliphatic rings. The van der Waals surface area contributed by atoms with Gasteiger partial charge in [-0.25, -0.2) is 0 Å². The molecule has 0 saturated carbocycles. The van der Waals surface area contributed by atoms with Crippen molar-refractivity contribution in [1.82, 2.24) is 0 Å². The Labute approximate surface area is 54.2 Å². The van der Waals surface area contributed by atoms with Gasteiger partial charge in [-0.1, -0.05) is 0 Å². The first-order valence-corrected chi connectivity index (χ1v) is 4.54. The zero-order chi connectivity index (χ0) is 3.58. The van der Waals surface area contributed by atoms with Crippen molar-refractivity contribution < 1.29 is 38.2 Å². The van der Waals surface area contributed by atoms with Crippen LogP contribution >= 0.6 is 17.0 Å². The van der Waals surface area contributed by atoms with Gasteiger partial charge in [0.25, 0.3) is 0 Å². The number of hydrogen-bond acceptors (Lipinski definition) is 3. The Bertz CT molecular complexity index is 76.3. The molecule has 0 aromatic rings. The van der Waals surface area contributed by atoms with Crippen LogP contribution in [0.1, 0.15) is 0 Å². The fourth-order valence-corrected chi connectivity index (χ4v) is 0. The standard InChI is InChI=1S/BrH.Nd.3O/h1H;;;;. The van der Waals surface area contributed by atoms with Gasteiger partial charge in [-0.2, -0.15) is 0 Å². The molecule has 5 heavy (non-hydrogen) atoms. The number of halogens is 1. The molecule has 0 amide bonds. The summed E-state index contributed by atoms with van der Waals surface area (Å²) in [5.74, 6) is 0. The van der Waals surface area contributed by atoms with Gasteiger partial charge in [0.05, 0.1) is 0 Å². The van der Waals surface area contributed by atoms with Crippen LogP contribution in [0, 0.1) is 35.0 Å². The van der Waals surface area contributed by atoms with Crippen LogP contribution in [0.3, 0.4) is 0 Å². The summed E-state index contributed by atoms with van der Waals surface area (Å²) in [6, 6.07) is 0. The first kappa shape index (κ1) is 9.52. The number of rotatable bonds is 0. The van der Waals surface area contributed by atoms with Crippen molar-refractivity contribution in [3.8, 4) is 0 Å². The molecule has 0 bridgehead atoms. The summed E-state index contributed by atoms with van der Waals surface area (Å²) >= 11 is -4.41. The normalized spacial score (nSPS) is 3.00. The monoisotopic (exact) mass is 270 g/mol. The first-order valence-electron chi connectivity index (χ1n) is 0.612. The van der Waals surface area contributed by atoms with Gasteiger partial charge in [-0.15, -0.1) is 17.0 Å². The molecule has 0 unspecified atom stereocenters. The van der Waals surface area contributed by atoms with E-state index >= 15 is 0 Å². The van der Waals surface area contributed by atoms with Crippen molar-refractivity contribution in [3.63, 3.8) is 0 Å². The molecule has 5 heteroatoms. The van der Waals surface area contributed by atoms with E-state index in [4.69, 9.17) is 3.15 Å². The first-order chi connectivity index (χ1) is 1.73. The van der Waals surface area contributed by atoms with Crippen LogP contribution < -0.4 is 0 Å². The topological polar surface area (TPSA) is 51.2 Å². The molecule has 0 rings (SSSR count). The molecule has 0 atom stereocenters. The average molecular weight is 273 g/mol. The molecule has 0 aliphatic carbocycles. The van der Waals surface area contributed by atoms with E-state index in [0.717, 1.165) is 0 Å². The second-order valence-corrected chi connectivity index (χ2v) is 1.85. The molecule has 0 aromatic carbocycles.